The summed E-state index contributed by atoms with van der Waals surface area (Å²) in [6, 6.07) is 15.3. The van der Waals surface area contributed by atoms with Gasteiger partial charge >= 0.3 is 12.1 Å². The van der Waals surface area contributed by atoms with E-state index in [1.54, 1.807) is 6.92 Å². The van der Waals surface area contributed by atoms with Gasteiger partial charge in [-0.1, -0.05) is 68.8 Å². The van der Waals surface area contributed by atoms with Gasteiger partial charge in [-0.05, 0) is 41.0 Å². The van der Waals surface area contributed by atoms with Gasteiger partial charge in [0.15, 0.2) is 0 Å². The molecule has 2 amide bonds. The molecule has 186 valence electrons. The van der Waals surface area contributed by atoms with Crippen LogP contribution in [0.5, 0.6) is 0 Å². The molecule has 2 aromatic carbocycles. The maximum absolute atomic E-state index is 12.5. The van der Waals surface area contributed by atoms with Crippen molar-refractivity contribution in [3.05, 3.63) is 59.7 Å². The van der Waals surface area contributed by atoms with Gasteiger partial charge in [0.2, 0.25) is 5.91 Å². The number of carbonyl (C=O) groups excluding carboxylic acids is 2. The Morgan fingerprint density at radius 3 is 2.29 bits per heavy atom. The topological polar surface area (TPSA) is 114 Å². The Kier molecular flexibility index (Phi) is 7.70. The number of rotatable bonds is 9. The molecule has 8 nitrogen and oxygen atoms in total. The first-order chi connectivity index (χ1) is 16.9. The predicted molar refractivity (Wildman–Crippen MR) is 130 cm³/mol. The minimum atomic E-state index is -1.06. The maximum atomic E-state index is 12.5. The summed E-state index contributed by atoms with van der Waals surface area (Å²) < 4.78 is 11.3. The number of hydrogen-bond donors (Lipinski definition) is 3. The lowest BCUT2D eigenvalue weighted by Crippen LogP contribution is -2.48. The highest BCUT2D eigenvalue weighted by Crippen LogP contribution is 2.44. The van der Waals surface area contributed by atoms with E-state index >= 15 is 0 Å². The Labute approximate surface area is 205 Å². The second-order valence-electron chi connectivity index (χ2n) is 9.24. The summed E-state index contributed by atoms with van der Waals surface area (Å²) in [5.41, 5.74) is 4.62. The largest absolute Gasteiger partial charge is 0.480 e. The van der Waals surface area contributed by atoms with Crippen molar-refractivity contribution in [3.63, 3.8) is 0 Å². The van der Waals surface area contributed by atoms with E-state index in [4.69, 9.17) is 9.47 Å². The van der Waals surface area contributed by atoms with E-state index in [0.29, 0.717) is 19.3 Å². The van der Waals surface area contributed by atoms with Gasteiger partial charge in [-0.3, -0.25) is 4.79 Å². The third-order valence-corrected chi connectivity index (χ3v) is 6.99. The van der Waals surface area contributed by atoms with Crippen molar-refractivity contribution in [1.29, 1.82) is 0 Å². The van der Waals surface area contributed by atoms with Crippen molar-refractivity contribution >= 4 is 18.0 Å². The number of benzene rings is 2. The molecule has 8 heteroatoms. The summed E-state index contributed by atoms with van der Waals surface area (Å²) in [6.07, 6.45) is 0.0907. The van der Waals surface area contributed by atoms with Gasteiger partial charge in [0.05, 0.1) is 6.10 Å². The van der Waals surface area contributed by atoms with E-state index in [2.05, 4.69) is 34.9 Å². The lowest BCUT2D eigenvalue weighted by molar-refractivity contribution is -0.145. The van der Waals surface area contributed by atoms with Crippen LogP contribution < -0.4 is 10.6 Å². The zero-order valence-electron chi connectivity index (χ0n) is 20.0. The average molecular weight is 481 g/mol. The molecule has 4 rings (SSSR count). The number of ether oxygens (including phenoxy) is 2. The van der Waals surface area contributed by atoms with Gasteiger partial charge in [-0.2, -0.15) is 0 Å². The highest BCUT2D eigenvalue weighted by molar-refractivity contribution is 5.86. The maximum Gasteiger partial charge on any atom is 0.407 e. The normalized spacial score (nSPS) is 20.4. The summed E-state index contributed by atoms with van der Waals surface area (Å²) >= 11 is 0. The molecule has 2 aliphatic rings. The number of carboxylic acids is 1. The number of hydrogen-bond acceptors (Lipinski definition) is 5. The molecule has 0 saturated carbocycles. The number of carbonyl (C=O) groups is 3. The Hall–Kier alpha value is -3.39. The van der Waals surface area contributed by atoms with E-state index in [9.17, 15) is 19.5 Å². The number of nitrogens with one attached hydrogen (secondary N) is 2. The first-order valence-corrected chi connectivity index (χ1v) is 12.2. The Morgan fingerprint density at radius 1 is 1.06 bits per heavy atom. The van der Waals surface area contributed by atoms with Crippen LogP contribution in [0.2, 0.25) is 0 Å². The monoisotopic (exact) mass is 480 g/mol. The van der Waals surface area contributed by atoms with Gasteiger partial charge in [0, 0.05) is 12.5 Å². The Morgan fingerprint density at radius 2 is 1.69 bits per heavy atom. The molecule has 0 radical (unpaired) electrons. The average Bonchev–Trinajstić information content (AvgIpc) is 3.47. The van der Waals surface area contributed by atoms with Gasteiger partial charge in [-0.25, -0.2) is 9.59 Å². The third kappa shape index (κ3) is 5.48. The van der Waals surface area contributed by atoms with Crippen LogP contribution in [0.4, 0.5) is 4.79 Å². The fourth-order valence-electron chi connectivity index (χ4n) is 4.82. The molecular weight excluding hydrogens is 448 g/mol. The Bertz CT molecular complexity index is 1040. The van der Waals surface area contributed by atoms with Gasteiger partial charge in [0.1, 0.15) is 18.8 Å². The minimum Gasteiger partial charge on any atom is -0.480 e. The molecule has 1 fully saturated rings. The fourth-order valence-corrected chi connectivity index (χ4v) is 4.82. The highest BCUT2D eigenvalue weighted by atomic mass is 16.5. The summed E-state index contributed by atoms with van der Waals surface area (Å²) in [5, 5.41) is 14.7. The molecule has 3 N–H and O–H groups in total. The van der Waals surface area contributed by atoms with E-state index in [1.807, 2.05) is 31.2 Å². The van der Waals surface area contributed by atoms with E-state index in [0.717, 1.165) is 11.1 Å². The molecule has 3 unspecified atom stereocenters. The van der Waals surface area contributed by atoms with Crippen molar-refractivity contribution in [2.24, 2.45) is 5.92 Å². The molecule has 35 heavy (non-hydrogen) atoms. The van der Waals surface area contributed by atoms with Crippen LogP contribution in [0.1, 0.15) is 50.2 Å². The molecule has 0 aromatic heterocycles. The van der Waals surface area contributed by atoms with Gasteiger partial charge in [0.25, 0.3) is 0 Å². The number of amides is 2. The number of carboxylic acid groups (broad SMARTS) is 1. The van der Waals surface area contributed by atoms with Crippen LogP contribution in [0, 0.1) is 5.92 Å². The summed E-state index contributed by atoms with van der Waals surface area (Å²) in [5.74, 6) is -1.69. The van der Waals surface area contributed by atoms with Crippen LogP contribution in [0.3, 0.4) is 0 Å². The van der Waals surface area contributed by atoms with Crippen molar-refractivity contribution in [2.75, 3.05) is 13.2 Å². The second-order valence-corrected chi connectivity index (χ2v) is 9.24. The number of aliphatic carboxylic acids is 1. The molecule has 1 heterocycles. The number of alkyl carbamates (subject to hydrolysis) is 1. The zero-order valence-corrected chi connectivity index (χ0v) is 20.0. The van der Waals surface area contributed by atoms with Crippen molar-refractivity contribution in [3.8, 4) is 11.1 Å². The molecule has 0 spiro atoms. The molecule has 0 bridgehead atoms. The molecule has 1 saturated heterocycles. The van der Waals surface area contributed by atoms with Crippen LogP contribution in [0.25, 0.3) is 11.1 Å². The molecule has 4 atom stereocenters. The molecule has 1 aliphatic heterocycles. The molecular formula is C27H32N2O6. The number of fused-ring (bicyclic) bond motifs is 3. The van der Waals surface area contributed by atoms with E-state index in [-0.39, 0.29) is 31.1 Å². The van der Waals surface area contributed by atoms with E-state index in [1.165, 1.54) is 11.1 Å². The van der Waals surface area contributed by atoms with Crippen molar-refractivity contribution < 1.29 is 29.0 Å². The quantitative estimate of drug-likeness (QED) is 0.504. The van der Waals surface area contributed by atoms with Crippen LogP contribution in [-0.2, 0) is 19.1 Å². The third-order valence-electron chi connectivity index (χ3n) is 6.99. The molecule has 2 aromatic rings. The fraction of sp³-hybridized carbons (Fsp3) is 0.444. The first-order valence-electron chi connectivity index (χ1n) is 12.2. The van der Waals surface area contributed by atoms with Crippen molar-refractivity contribution in [2.45, 2.75) is 57.3 Å². The lowest BCUT2D eigenvalue weighted by atomic mass is 9.98. The van der Waals surface area contributed by atoms with Gasteiger partial charge < -0.3 is 25.2 Å². The van der Waals surface area contributed by atoms with Crippen LogP contribution >= 0.6 is 0 Å². The lowest BCUT2D eigenvalue weighted by Gasteiger charge is -2.22. The predicted octanol–water partition coefficient (Wildman–Crippen LogP) is 3.69. The summed E-state index contributed by atoms with van der Waals surface area (Å²) in [4.78, 5) is 36.4. The highest BCUT2D eigenvalue weighted by Gasteiger charge is 2.35. The van der Waals surface area contributed by atoms with Crippen LogP contribution in [0.15, 0.2) is 48.5 Å². The van der Waals surface area contributed by atoms with Crippen LogP contribution in [-0.4, -0.2) is 54.5 Å². The summed E-state index contributed by atoms with van der Waals surface area (Å²) in [7, 11) is 0. The van der Waals surface area contributed by atoms with Gasteiger partial charge in [-0.15, -0.1) is 0 Å². The Balaban J connectivity index is 1.24. The van der Waals surface area contributed by atoms with Crippen molar-refractivity contribution in [1.82, 2.24) is 10.6 Å². The van der Waals surface area contributed by atoms with E-state index < -0.39 is 30.1 Å². The standard InChI is InChI=1S/C27H32N2O6/c1-3-16(2)24(26(31)32)29-25(30)23-13-12-17(35-23)14-28-27(33)34-15-22-20-10-6-4-8-18(20)19-9-5-7-11-21(19)22/h4-11,16-17,22-24H,3,12-15H2,1-2H3,(H,28,33)(H,29,30)(H,31,32)/t16?,17?,23?,24-/m0/s1. The molecule has 1 aliphatic carbocycles. The minimum absolute atomic E-state index is 0.0170. The first kappa shape index (κ1) is 24.7. The smallest absolute Gasteiger partial charge is 0.407 e. The SMILES string of the molecule is CCC(C)[C@H](NC(=O)C1CCC(CNC(=O)OCC2c3ccccc3-c3ccccc32)O1)C(=O)O. The zero-order chi connectivity index (χ0) is 24.9. The second kappa shape index (κ2) is 10.9. The summed E-state index contributed by atoms with van der Waals surface area (Å²) in [6.45, 7) is 4.11.